The van der Waals surface area contributed by atoms with Gasteiger partial charge in [-0.1, -0.05) is 30.7 Å². The lowest BCUT2D eigenvalue weighted by Gasteiger charge is -2.14. The monoisotopic (exact) mass is 291 g/mol. The lowest BCUT2D eigenvalue weighted by Crippen LogP contribution is -2.13. The topological polar surface area (TPSA) is 29.9 Å². The Labute approximate surface area is 126 Å². The molecule has 20 heavy (non-hydrogen) atoms. The number of aryl methyl sites for hydroxylation is 1. The second-order valence-corrected chi connectivity index (χ2v) is 5.49. The van der Waals surface area contributed by atoms with Crippen LogP contribution in [0.5, 0.6) is 0 Å². The number of hydrogen-bond acceptors (Lipinski definition) is 2. The van der Waals surface area contributed by atoms with Gasteiger partial charge in [-0.15, -0.1) is 0 Å². The molecule has 3 nitrogen and oxygen atoms in total. The van der Waals surface area contributed by atoms with E-state index < -0.39 is 0 Å². The van der Waals surface area contributed by atoms with Gasteiger partial charge >= 0.3 is 0 Å². The molecule has 1 atom stereocenters. The molecule has 0 aliphatic rings. The highest BCUT2D eigenvalue weighted by molar-refractivity contribution is 6.31. The fraction of sp³-hybridized carbons (Fsp3) is 0.438. The predicted octanol–water partition coefficient (Wildman–Crippen LogP) is 3.82. The number of imidazole rings is 1. The molecule has 0 amide bonds. The summed E-state index contributed by atoms with van der Waals surface area (Å²) in [5, 5.41) is 4.03. The van der Waals surface area contributed by atoms with E-state index in [1.54, 1.807) is 0 Å². The molecule has 1 unspecified atom stereocenters. The minimum Gasteiger partial charge on any atom is -0.335 e. The van der Waals surface area contributed by atoms with Crippen LogP contribution in [0.15, 0.2) is 30.6 Å². The highest BCUT2D eigenvalue weighted by Gasteiger charge is 2.10. The quantitative estimate of drug-likeness (QED) is 0.877. The third-order valence-corrected chi connectivity index (χ3v) is 3.92. The second kappa shape index (κ2) is 6.91. The maximum atomic E-state index is 6.38. The Kier molecular flexibility index (Phi) is 5.21. The fourth-order valence-electron chi connectivity index (χ4n) is 2.32. The zero-order chi connectivity index (χ0) is 14.5. The van der Waals surface area contributed by atoms with Gasteiger partial charge in [0.25, 0.3) is 0 Å². The molecule has 0 saturated carbocycles. The van der Waals surface area contributed by atoms with Crippen molar-refractivity contribution in [3.63, 3.8) is 0 Å². The summed E-state index contributed by atoms with van der Waals surface area (Å²) in [7, 11) is 1.94. The van der Waals surface area contributed by atoms with Gasteiger partial charge in [0, 0.05) is 36.4 Å². The number of halogens is 1. The Morgan fingerprint density at radius 3 is 2.85 bits per heavy atom. The van der Waals surface area contributed by atoms with Crippen LogP contribution >= 0.6 is 11.6 Å². The van der Waals surface area contributed by atoms with Gasteiger partial charge in [0.1, 0.15) is 5.82 Å². The van der Waals surface area contributed by atoms with Crippen molar-refractivity contribution in [2.75, 3.05) is 7.05 Å². The number of nitrogens with one attached hydrogen (secondary N) is 1. The predicted molar refractivity (Wildman–Crippen MR) is 84.3 cm³/mol. The first-order valence-corrected chi connectivity index (χ1v) is 7.49. The van der Waals surface area contributed by atoms with Crippen molar-refractivity contribution in [2.45, 2.75) is 39.3 Å². The average molecular weight is 292 g/mol. The maximum Gasteiger partial charge on any atom is 0.113 e. The third-order valence-electron chi connectivity index (χ3n) is 3.59. The molecule has 0 radical (unpaired) electrons. The molecule has 1 heterocycles. The molecule has 0 aliphatic carbocycles. The standard InChI is InChI=1S/C16H22ClN3/c1-4-8-20-9-7-19-16(20)11-13-5-6-14(12(2)18-3)15(17)10-13/h5-7,9-10,12,18H,4,8,11H2,1-3H3. The Balaban J connectivity index is 2.18. The number of benzene rings is 1. The van der Waals surface area contributed by atoms with Crippen LogP contribution < -0.4 is 5.32 Å². The van der Waals surface area contributed by atoms with Crippen molar-refractivity contribution in [1.29, 1.82) is 0 Å². The van der Waals surface area contributed by atoms with E-state index >= 15 is 0 Å². The second-order valence-electron chi connectivity index (χ2n) is 5.08. The summed E-state index contributed by atoms with van der Waals surface area (Å²) in [5.41, 5.74) is 2.33. The van der Waals surface area contributed by atoms with Gasteiger partial charge in [0.2, 0.25) is 0 Å². The lowest BCUT2D eigenvalue weighted by molar-refractivity contribution is 0.645. The van der Waals surface area contributed by atoms with Crippen molar-refractivity contribution >= 4 is 11.6 Å². The van der Waals surface area contributed by atoms with Crippen LogP contribution in [0.25, 0.3) is 0 Å². The van der Waals surface area contributed by atoms with Crippen LogP contribution in [0.4, 0.5) is 0 Å². The van der Waals surface area contributed by atoms with E-state index in [2.05, 4.69) is 46.9 Å². The minimum atomic E-state index is 0.263. The first-order valence-electron chi connectivity index (χ1n) is 7.11. The van der Waals surface area contributed by atoms with E-state index in [1.165, 1.54) is 5.56 Å². The normalized spacial score (nSPS) is 12.6. The summed E-state index contributed by atoms with van der Waals surface area (Å²) < 4.78 is 2.21. The van der Waals surface area contributed by atoms with Crippen LogP contribution in [0.1, 0.15) is 43.3 Å². The number of hydrogen-bond donors (Lipinski definition) is 1. The molecule has 1 aromatic carbocycles. The van der Waals surface area contributed by atoms with Gasteiger partial charge in [-0.3, -0.25) is 0 Å². The molecule has 4 heteroatoms. The SMILES string of the molecule is CCCn1ccnc1Cc1ccc(C(C)NC)c(Cl)c1. The van der Waals surface area contributed by atoms with E-state index in [-0.39, 0.29) is 6.04 Å². The van der Waals surface area contributed by atoms with Crippen LogP contribution in [-0.2, 0) is 13.0 Å². The molecule has 108 valence electrons. The largest absolute Gasteiger partial charge is 0.335 e. The third kappa shape index (κ3) is 3.41. The number of nitrogens with zero attached hydrogens (tertiary/aromatic N) is 2. The summed E-state index contributed by atoms with van der Waals surface area (Å²) in [6, 6.07) is 6.56. The summed E-state index contributed by atoms with van der Waals surface area (Å²) >= 11 is 6.38. The van der Waals surface area contributed by atoms with E-state index in [9.17, 15) is 0 Å². The average Bonchev–Trinajstić information content (AvgIpc) is 2.86. The van der Waals surface area contributed by atoms with E-state index in [1.807, 2.05) is 19.4 Å². The molecule has 2 rings (SSSR count). The van der Waals surface area contributed by atoms with Gasteiger partial charge < -0.3 is 9.88 Å². The first-order chi connectivity index (χ1) is 9.65. The van der Waals surface area contributed by atoms with E-state index in [4.69, 9.17) is 11.6 Å². The molecule has 1 N–H and O–H groups in total. The van der Waals surface area contributed by atoms with Gasteiger partial charge in [-0.05, 0) is 37.6 Å². The zero-order valence-corrected chi connectivity index (χ0v) is 13.1. The fourth-order valence-corrected chi connectivity index (χ4v) is 2.69. The highest BCUT2D eigenvalue weighted by atomic mass is 35.5. The van der Waals surface area contributed by atoms with Crippen molar-refractivity contribution in [1.82, 2.24) is 14.9 Å². The summed E-state index contributed by atoms with van der Waals surface area (Å²) in [4.78, 5) is 4.44. The summed E-state index contributed by atoms with van der Waals surface area (Å²) in [5.74, 6) is 1.09. The van der Waals surface area contributed by atoms with Gasteiger partial charge in [0.15, 0.2) is 0 Å². The molecular formula is C16H22ClN3. The lowest BCUT2D eigenvalue weighted by atomic mass is 10.0. The Morgan fingerprint density at radius 1 is 1.40 bits per heavy atom. The van der Waals surface area contributed by atoms with Gasteiger partial charge in [-0.25, -0.2) is 4.98 Å². The van der Waals surface area contributed by atoms with Crippen LogP contribution in [-0.4, -0.2) is 16.6 Å². The van der Waals surface area contributed by atoms with E-state index in [0.717, 1.165) is 35.8 Å². The first kappa shape index (κ1) is 15.1. The molecule has 0 bridgehead atoms. The van der Waals surface area contributed by atoms with Crippen molar-refractivity contribution in [2.24, 2.45) is 0 Å². The smallest absolute Gasteiger partial charge is 0.113 e. The van der Waals surface area contributed by atoms with Crippen LogP contribution in [0.3, 0.4) is 0 Å². The molecule has 0 fully saturated rings. The Hall–Kier alpha value is -1.32. The minimum absolute atomic E-state index is 0.263. The van der Waals surface area contributed by atoms with Crippen molar-refractivity contribution in [3.8, 4) is 0 Å². The van der Waals surface area contributed by atoms with Crippen molar-refractivity contribution in [3.05, 3.63) is 52.6 Å². The summed E-state index contributed by atoms with van der Waals surface area (Å²) in [6.07, 6.45) is 5.84. The van der Waals surface area contributed by atoms with E-state index in [0.29, 0.717) is 0 Å². The Morgan fingerprint density at radius 2 is 2.20 bits per heavy atom. The van der Waals surface area contributed by atoms with Crippen LogP contribution in [0.2, 0.25) is 5.02 Å². The maximum absolute atomic E-state index is 6.38. The highest BCUT2D eigenvalue weighted by Crippen LogP contribution is 2.24. The van der Waals surface area contributed by atoms with Crippen molar-refractivity contribution < 1.29 is 0 Å². The molecule has 0 spiro atoms. The molecule has 2 aromatic rings. The molecule has 0 saturated heterocycles. The van der Waals surface area contributed by atoms with Crippen LogP contribution in [0, 0.1) is 0 Å². The summed E-state index contributed by atoms with van der Waals surface area (Å²) in [6.45, 7) is 5.29. The zero-order valence-electron chi connectivity index (χ0n) is 12.4. The molecular weight excluding hydrogens is 270 g/mol. The van der Waals surface area contributed by atoms with Gasteiger partial charge in [0.05, 0.1) is 0 Å². The molecule has 0 aliphatic heterocycles. The van der Waals surface area contributed by atoms with Gasteiger partial charge in [-0.2, -0.15) is 0 Å². The Bertz CT molecular complexity index is 563. The number of rotatable bonds is 6. The molecule has 1 aromatic heterocycles. The number of aromatic nitrogens is 2.